The highest BCUT2D eigenvalue weighted by atomic mass is 35.5. The van der Waals surface area contributed by atoms with Gasteiger partial charge < -0.3 is 14.2 Å². The number of benzene rings is 11. The molecule has 0 aliphatic carbocycles. The minimum Gasteiger partial charge on any atom is -0.399 e. The molecule has 0 spiro atoms. The summed E-state index contributed by atoms with van der Waals surface area (Å²) in [5, 5.41) is 11.8. The Kier molecular flexibility index (Phi) is 13.9. The second-order valence-electron chi connectivity index (χ2n) is 27.8. The Morgan fingerprint density at radius 3 is 1.55 bits per heavy atom. The smallest absolute Gasteiger partial charge is 0.399 e. The molecular formula is C79H75BClNO2S. The van der Waals surface area contributed by atoms with E-state index < -0.39 is 18.3 Å². The molecule has 6 heteroatoms. The first kappa shape index (κ1) is 56.6. The van der Waals surface area contributed by atoms with Gasteiger partial charge in [-0.2, -0.15) is 0 Å². The van der Waals surface area contributed by atoms with Gasteiger partial charge in [-0.15, -0.1) is 11.3 Å². The summed E-state index contributed by atoms with van der Waals surface area (Å²) in [6, 6.07) is 77.0. The molecule has 1 aliphatic heterocycles. The standard InChI is InChI=1S/C79H75BClNO2S/c1-75(2,3)57-33-38-62(63(43-57)51-23-18-15-19-24-51)73(67-48-85-70-40-35-59(45-65(67)70)77(7,8)9)66-46-60(80-83-78(10,11)79(12,13)84-80)47-69(74(66)81)82(61-36-31-50(32-37-61)49-21-16-14-17-22-49)68-39-34-58(76(4,5)6)44-64(68)56-41-54-29-27-52-25-20-26-53-28-30-55(42-56)72(54)71(52)53/h14-48,73H,1-13H3. The average Bonchev–Trinajstić information content (AvgIpc) is 1.97. The largest absolute Gasteiger partial charge is 0.494 e. The van der Waals surface area contributed by atoms with E-state index in [-0.39, 0.29) is 22.2 Å². The summed E-state index contributed by atoms with van der Waals surface area (Å²) in [5.41, 5.74) is 16.0. The van der Waals surface area contributed by atoms with E-state index in [1.54, 1.807) is 11.3 Å². The first-order valence-electron chi connectivity index (χ1n) is 30.1. The fourth-order valence-corrected chi connectivity index (χ4v) is 14.0. The number of hydrogen-bond donors (Lipinski definition) is 0. The fraction of sp³-hybridized carbons (Fsp3) is 0.241. The Labute approximate surface area is 512 Å². The van der Waals surface area contributed by atoms with Crippen molar-refractivity contribution in [2.75, 3.05) is 4.90 Å². The maximum Gasteiger partial charge on any atom is 0.494 e. The molecule has 2 heterocycles. The van der Waals surface area contributed by atoms with Crippen molar-refractivity contribution >= 4 is 95.0 Å². The van der Waals surface area contributed by atoms with Gasteiger partial charge in [0.15, 0.2) is 0 Å². The van der Waals surface area contributed by atoms with Crippen LogP contribution in [0.1, 0.15) is 129 Å². The van der Waals surface area contributed by atoms with Gasteiger partial charge in [-0.1, -0.05) is 226 Å². The maximum absolute atomic E-state index is 8.70. The van der Waals surface area contributed by atoms with E-state index in [0.717, 1.165) is 55.9 Å². The summed E-state index contributed by atoms with van der Waals surface area (Å²) in [5.74, 6) is -0.355. The Hall–Kier alpha value is -7.51. The van der Waals surface area contributed by atoms with Crippen molar-refractivity contribution in [3.63, 3.8) is 0 Å². The van der Waals surface area contributed by atoms with Crippen LogP contribution in [0.25, 0.3) is 75.8 Å². The van der Waals surface area contributed by atoms with Crippen LogP contribution in [0.5, 0.6) is 0 Å². The predicted molar refractivity (Wildman–Crippen MR) is 367 cm³/mol. The third-order valence-electron chi connectivity index (χ3n) is 18.4. The van der Waals surface area contributed by atoms with Crippen LogP contribution in [0.4, 0.5) is 17.1 Å². The van der Waals surface area contributed by atoms with E-state index in [4.69, 9.17) is 20.9 Å². The molecule has 1 unspecified atom stereocenters. The molecule has 1 aromatic heterocycles. The van der Waals surface area contributed by atoms with Crippen LogP contribution in [-0.2, 0) is 25.6 Å². The maximum atomic E-state index is 8.70. The Balaban J connectivity index is 1.15. The molecule has 424 valence electrons. The third-order valence-corrected chi connectivity index (χ3v) is 19.8. The summed E-state index contributed by atoms with van der Waals surface area (Å²) < 4.78 is 15.6. The lowest BCUT2D eigenvalue weighted by Gasteiger charge is -2.33. The zero-order chi connectivity index (χ0) is 59.5. The number of rotatable bonds is 10. The van der Waals surface area contributed by atoms with Crippen molar-refractivity contribution in [3.8, 4) is 33.4 Å². The van der Waals surface area contributed by atoms with E-state index in [9.17, 15) is 0 Å². The van der Waals surface area contributed by atoms with Crippen molar-refractivity contribution < 1.29 is 9.31 Å². The summed E-state index contributed by atoms with van der Waals surface area (Å²) in [4.78, 5) is 2.42. The molecular weight excluding hydrogens is 1070 g/mol. The highest BCUT2D eigenvalue weighted by Gasteiger charge is 2.52. The Morgan fingerprint density at radius 2 is 0.953 bits per heavy atom. The molecule has 1 fully saturated rings. The third kappa shape index (κ3) is 10.3. The van der Waals surface area contributed by atoms with Gasteiger partial charge in [0.1, 0.15) is 0 Å². The number of halogens is 1. The van der Waals surface area contributed by atoms with Crippen molar-refractivity contribution in [3.05, 3.63) is 250 Å². The second-order valence-corrected chi connectivity index (χ2v) is 29.1. The van der Waals surface area contributed by atoms with Gasteiger partial charge in [-0.05, 0) is 208 Å². The molecule has 3 nitrogen and oxygen atoms in total. The molecule has 11 aromatic carbocycles. The van der Waals surface area contributed by atoms with E-state index in [0.29, 0.717) is 5.02 Å². The van der Waals surface area contributed by atoms with Crippen LogP contribution in [0.3, 0.4) is 0 Å². The summed E-state index contributed by atoms with van der Waals surface area (Å²) >= 11 is 10.5. The van der Waals surface area contributed by atoms with Crippen molar-refractivity contribution in [2.45, 2.75) is 123 Å². The van der Waals surface area contributed by atoms with Crippen LogP contribution in [0.2, 0.25) is 5.02 Å². The van der Waals surface area contributed by atoms with Gasteiger partial charge in [0.25, 0.3) is 0 Å². The van der Waals surface area contributed by atoms with Gasteiger partial charge in [0.2, 0.25) is 0 Å². The van der Waals surface area contributed by atoms with Crippen molar-refractivity contribution in [2.24, 2.45) is 0 Å². The monoisotopic (exact) mass is 1150 g/mol. The van der Waals surface area contributed by atoms with Crippen molar-refractivity contribution in [1.29, 1.82) is 0 Å². The van der Waals surface area contributed by atoms with Crippen LogP contribution < -0.4 is 10.4 Å². The molecule has 0 N–H and O–H groups in total. The minimum absolute atomic E-state index is 0.0828. The number of thiophene rings is 1. The van der Waals surface area contributed by atoms with Gasteiger partial charge >= 0.3 is 7.12 Å². The van der Waals surface area contributed by atoms with Crippen LogP contribution in [-0.4, -0.2) is 18.3 Å². The van der Waals surface area contributed by atoms with Gasteiger partial charge in [0.05, 0.1) is 27.6 Å². The van der Waals surface area contributed by atoms with Crippen LogP contribution in [0.15, 0.2) is 212 Å². The SMILES string of the molecule is CC(C)(C)c1ccc(C(c2cc(B3OC(C)(C)C(C)(C)O3)cc(N(c3ccc(-c4ccccc4)cc3)c3ccc(C(C)(C)C)cc3-c3cc4ccc5cccc6ccc(c3)c4c56)c2Cl)c2csc3ccc(C(C)(C)C)cc23)c(-c2ccccc2)c1. The average molecular weight is 1150 g/mol. The summed E-state index contributed by atoms with van der Waals surface area (Å²) in [6.07, 6.45) is 0. The lowest BCUT2D eigenvalue weighted by Crippen LogP contribution is -2.41. The zero-order valence-electron chi connectivity index (χ0n) is 51.4. The molecule has 0 saturated carbocycles. The molecule has 1 aliphatic rings. The molecule has 12 aromatic rings. The quantitative estimate of drug-likeness (QED) is 0.101. The molecule has 0 amide bonds. The lowest BCUT2D eigenvalue weighted by atomic mass is 9.73. The highest BCUT2D eigenvalue weighted by Crippen LogP contribution is 2.52. The number of fused-ring (bicyclic) bond motifs is 1. The molecule has 1 atom stereocenters. The van der Waals surface area contributed by atoms with E-state index in [1.807, 2.05) is 0 Å². The highest BCUT2D eigenvalue weighted by molar-refractivity contribution is 7.17. The second kappa shape index (κ2) is 20.9. The van der Waals surface area contributed by atoms with E-state index in [1.165, 1.54) is 75.8 Å². The topological polar surface area (TPSA) is 21.7 Å². The Morgan fingerprint density at radius 1 is 0.435 bits per heavy atom. The van der Waals surface area contributed by atoms with Gasteiger partial charge in [0, 0.05) is 21.9 Å². The van der Waals surface area contributed by atoms with Crippen LogP contribution in [0, 0.1) is 0 Å². The molecule has 0 bridgehead atoms. The normalized spacial score (nSPS) is 15.0. The first-order valence-corrected chi connectivity index (χ1v) is 31.4. The zero-order valence-corrected chi connectivity index (χ0v) is 53.0. The molecule has 13 rings (SSSR count). The molecule has 0 radical (unpaired) electrons. The number of hydrogen-bond acceptors (Lipinski definition) is 4. The molecule has 85 heavy (non-hydrogen) atoms. The molecule has 1 saturated heterocycles. The Bertz CT molecular complexity index is 4420. The van der Waals surface area contributed by atoms with Crippen LogP contribution >= 0.6 is 22.9 Å². The lowest BCUT2D eigenvalue weighted by molar-refractivity contribution is 0.00578. The predicted octanol–water partition coefficient (Wildman–Crippen LogP) is 22.3. The van der Waals surface area contributed by atoms with Crippen molar-refractivity contribution in [1.82, 2.24) is 0 Å². The summed E-state index contributed by atoms with van der Waals surface area (Å²) in [7, 11) is -0.714. The summed E-state index contributed by atoms with van der Waals surface area (Å²) in [6.45, 7) is 29.3. The van der Waals surface area contributed by atoms with E-state index in [2.05, 4.69) is 307 Å². The van der Waals surface area contributed by atoms with E-state index >= 15 is 0 Å². The first-order chi connectivity index (χ1) is 40.4. The van der Waals surface area contributed by atoms with Gasteiger partial charge in [-0.25, -0.2) is 0 Å². The van der Waals surface area contributed by atoms with Gasteiger partial charge in [-0.3, -0.25) is 0 Å². The fourth-order valence-electron chi connectivity index (χ4n) is 12.7. The number of anilines is 3. The minimum atomic E-state index is -0.714. The number of nitrogens with zero attached hydrogens (tertiary/aromatic N) is 1.